The van der Waals surface area contributed by atoms with Gasteiger partial charge >= 0.3 is 0 Å². The summed E-state index contributed by atoms with van der Waals surface area (Å²) < 4.78 is 2.22. The van der Waals surface area contributed by atoms with Crippen LogP contribution in [-0.4, -0.2) is 10.9 Å². The maximum atomic E-state index is 11.2. The molecule has 1 aliphatic heterocycles. The van der Waals surface area contributed by atoms with E-state index < -0.39 is 0 Å². The zero-order valence-corrected chi connectivity index (χ0v) is 9.62. The van der Waals surface area contributed by atoms with Crippen molar-refractivity contribution in [1.82, 2.24) is 4.57 Å². The van der Waals surface area contributed by atoms with Gasteiger partial charge in [0.25, 0.3) is 0 Å². The Morgan fingerprint density at radius 2 is 2.33 bits per heavy atom. The molecule has 2 heteroatoms. The van der Waals surface area contributed by atoms with E-state index in [0.717, 1.165) is 31.4 Å². The molecule has 1 aromatic heterocycles. The zero-order chi connectivity index (χ0) is 10.8. The van der Waals surface area contributed by atoms with E-state index >= 15 is 0 Å². The molecule has 1 aliphatic rings. The topological polar surface area (TPSA) is 22.0 Å². The molecule has 0 aliphatic carbocycles. The summed E-state index contributed by atoms with van der Waals surface area (Å²) in [6, 6.07) is 2.25. The lowest BCUT2D eigenvalue weighted by Gasteiger charge is -2.16. The van der Waals surface area contributed by atoms with Crippen molar-refractivity contribution in [1.29, 1.82) is 0 Å². The molecule has 0 aromatic carbocycles. The standard InChI is InChI=1S/C13H19NO/c1-3-10(2)12-8-11-6-4-5-7-14(11)13(12)9-15/h8-10H,3-7H2,1-2H3. The lowest BCUT2D eigenvalue weighted by atomic mass is 9.99. The van der Waals surface area contributed by atoms with E-state index in [1.165, 1.54) is 24.1 Å². The summed E-state index contributed by atoms with van der Waals surface area (Å²) >= 11 is 0. The third-order valence-electron chi connectivity index (χ3n) is 3.57. The fourth-order valence-corrected chi connectivity index (χ4v) is 2.44. The molecule has 0 radical (unpaired) electrons. The number of carbonyl (C=O) groups excluding carboxylic acids is 1. The van der Waals surface area contributed by atoms with Crippen molar-refractivity contribution >= 4 is 6.29 Å². The quantitative estimate of drug-likeness (QED) is 0.695. The Bertz CT molecular complexity index is 365. The highest BCUT2D eigenvalue weighted by atomic mass is 16.1. The van der Waals surface area contributed by atoms with Crippen LogP contribution in [0.25, 0.3) is 0 Å². The minimum Gasteiger partial charge on any atom is -0.342 e. The Morgan fingerprint density at radius 3 is 3.00 bits per heavy atom. The largest absolute Gasteiger partial charge is 0.342 e. The normalized spacial score (nSPS) is 17.2. The molecule has 0 fully saturated rings. The average Bonchev–Trinajstić information content (AvgIpc) is 2.66. The molecule has 1 aromatic rings. The molecule has 15 heavy (non-hydrogen) atoms. The van der Waals surface area contributed by atoms with Gasteiger partial charge in [0.1, 0.15) is 0 Å². The molecule has 0 saturated heterocycles. The number of aromatic nitrogens is 1. The van der Waals surface area contributed by atoms with Crippen LogP contribution in [0, 0.1) is 0 Å². The Balaban J connectivity index is 2.46. The van der Waals surface area contributed by atoms with Gasteiger partial charge in [0.15, 0.2) is 6.29 Å². The summed E-state index contributed by atoms with van der Waals surface area (Å²) in [5.41, 5.74) is 3.54. The number of carbonyl (C=O) groups is 1. The van der Waals surface area contributed by atoms with E-state index in [0.29, 0.717) is 5.92 Å². The van der Waals surface area contributed by atoms with Crippen molar-refractivity contribution in [3.8, 4) is 0 Å². The summed E-state index contributed by atoms with van der Waals surface area (Å²) in [6.45, 7) is 5.41. The summed E-state index contributed by atoms with van der Waals surface area (Å²) in [6.07, 6.45) is 5.75. The first-order valence-electron chi connectivity index (χ1n) is 5.95. The van der Waals surface area contributed by atoms with Crippen LogP contribution in [-0.2, 0) is 13.0 Å². The van der Waals surface area contributed by atoms with Crippen molar-refractivity contribution in [2.45, 2.75) is 52.0 Å². The monoisotopic (exact) mass is 205 g/mol. The van der Waals surface area contributed by atoms with Crippen LogP contribution in [0.4, 0.5) is 0 Å². The van der Waals surface area contributed by atoms with Gasteiger partial charge in [-0.15, -0.1) is 0 Å². The Kier molecular flexibility index (Phi) is 2.94. The van der Waals surface area contributed by atoms with Gasteiger partial charge in [-0.2, -0.15) is 0 Å². The van der Waals surface area contributed by atoms with Crippen molar-refractivity contribution in [2.24, 2.45) is 0 Å². The molecule has 0 bridgehead atoms. The number of rotatable bonds is 3. The van der Waals surface area contributed by atoms with Crippen molar-refractivity contribution in [2.75, 3.05) is 0 Å². The first-order chi connectivity index (χ1) is 7.27. The van der Waals surface area contributed by atoms with Crippen LogP contribution in [0.15, 0.2) is 6.07 Å². The minimum atomic E-state index is 0.503. The third-order valence-corrected chi connectivity index (χ3v) is 3.57. The summed E-state index contributed by atoms with van der Waals surface area (Å²) in [5, 5.41) is 0. The van der Waals surface area contributed by atoms with E-state index in [1.807, 2.05) is 0 Å². The molecule has 0 spiro atoms. The van der Waals surface area contributed by atoms with Gasteiger partial charge < -0.3 is 4.57 Å². The maximum absolute atomic E-state index is 11.2. The third kappa shape index (κ3) is 1.73. The minimum absolute atomic E-state index is 0.503. The average molecular weight is 205 g/mol. The van der Waals surface area contributed by atoms with Gasteiger partial charge in [0.05, 0.1) is 5.69 Å². The molecule has 0 saturated carbocycles. The van der Waals surface area contributed by atoms with E-state index in [2.05, 4.69) is 24.5 Å². The van der Waals surface area contributed by atoms with Gasteiger partial charge in [-0.1, -0.05) is 13.8 Å². The Labute approximate surface area is 91.3 Å². The van der Waals surface area contributed by atoms with E-state index in [-0.39, 0.29) is 0 Å². The molecule has 2 heterocycles. The SMILES string of the molecule is CCC(C)c1cc2n(c1C=O)CCCC2. The van der Waals surface area contributed by atoms with E-state index in [1.54, 1.807) is 0 Å². The molecular formula is C13H19NO. The molecule has 0 N–H and O–H groups in total. The molecule has 2 nitrogen and oxygen atoms in total. The highest BCUT2D eigenvalue weighted by molar-refractivity contribution is 5.76. The molecular weight excluding hydrogens is 186 g/mol. The van der Waals surface area contributed by atoms with Crippen LogP contribution >= 0.6 is 0 Å². The lowest BCUT2D eigenvalue weighted by Crippen LogP contribution is -2.12. The van der Waals surface area contributed by atoms with E-state index in [9.17, 15) is 4.79 Å². The summed E-state index contributed by atoms with van der Waals surface area (Å²) in [4.78, 5) is 11.2. The maximum Gasteiger partial charge on any atom is 0.166 e. The molecule has 2 rings (SSSR count). The zero-order valence-electron chi connectivity index (χ0n) is 9.62. The van der Waals surface area contributed by atoms with E-state index in [4.69, 9.17) is 0 Å². The van der Waals surface area contributed by atoms with Gasteiger partial charge in [-0.3, -0.25) is 4.79 Å². The second kappa shape index (κ2) is 4.21. The Morgan fingerprint density at radius 1 is 1.53 bits per heavy atom. The van der Waals surface area contributed by atoms with Crippen LogP contribution < -0.4 is 0 Å². The number of aryl methyl sites for hydroxylation is 1. The van der Waals surface area contributed by atoms with Crippen molar-refractivity contribution in [3.05, 3.63) is 23.0 Å². The first kappa shape index (κ1) is 10.5. The van der Waals surface area contributed by atoms with Crippen LogP contribution in [0.5, 0.6) is 0 Å². The number of nitrogens with zero attached hydrogens (tertiary/aromatic N) is 1. The summed E-state index contributed by atoms with van der Waals surface area (Å²) in [5.74, 6) is 0.503. The summed E-state index contributed by atoms with van der Waals surface area (Å²) in [7, 11) is 0. The predicted octanol–water partition coefficient (Wildman–Crippen LogP) is 3.15. The number of fused-ring (bicyclic) bond motifs is 1. The first-order valence-corrected chi connectivity index (χ1v) is 5.95. The number of hydrogen-bond acceptors (Lipinski definition) is 1. The van der Waals surface area contributed by atoms with Gasteiger partial charge in [-0.05, 0) is 43.2 Å². The molecule has 1 atom stereocenters. The van der Waals surface area contributed by atoms with Gasteiger partial charge in [0, 0.05) is 12.2 Å². The van der Waals surface area contributed by atoms with Crippen LogP contribution in [0.2, 0.25) is 0 Å². The van der Waals surface area contributed by atoms with Gasteiger partial charge in [0.2, 0.25) is 0 Å². The van der Waals surface area contributed by atoms with Crippen molar-refractivity contribution < 1.29 is 4.79 Å². The molecule has 1 unspecified atom stereocenters. The smallest absolute Gasteiger partial charge is 0.166 e. The molecule has 82 valence electrons. The Hall–Kier alpha value is -1.05. The van der Waals surface area contributed by atoms with Crippen LogP contribution in [0.1, 0.15) is 60.8 Å². The lowest BCUT2D eigenvalue weighted by molar-refractivity contribution is 0.111. The predicted molar refractivity (Wildman–Crippen MR) is 61.5 cm³/mol. The molecule has 0 amide bonds. The second-order valence-electron chi connectivity index (χ2n) is 4.51. The fraction of sp³-hybridized carbons (Fsp3) is 0.615. The van der Waals surface area contributed by atoms with Crippen molar-refractivity contribution in [3.63, 3.8) is 0 Å². The van der Waals surface area contributed by atoms with Gasteiger partial charge in [-0.25, -0.2) is 0 Å². The number of hydrogen-bond donors (Lipinski definition) is 0. The highest BCUT2D eigenvalue weighted by Gasteiger charge is 2.19. The fourth-order valence-electron chi connectivity index (χ4n) is 2.44. The van der Waals surface area contributed by atoms with Crippen LogP contribution in [0.3, 0.4) is 0 Å². The number of aldehydes is 1. The highest BCUT2D eigenvalue weighted by Crippen LogP contribution is 2.28. The second-order valence-corrected chi connectivity index (χ2v) is 4.51.